The van der Waals surface area contributed by atoms with Crippen molar-refractivity contribution in [3.05, 3.63) is 59.9 Å². The van der Waals surface area contributed by atoms with Gasteiger partial charge < -0.3 is 5.32 Å². The van der Waals surface area contributed by atoms with Gasteiger partial charge in [-0.2, -0.15) is 13.2 Å². The summed E-state index contributed by atoms with van der Waals surface area (Å²) in [7, 11) is 0. The Hall–Kier alpha value is -2.96. The molecule has 2 aromatic carbocycles. The molecule has 4 nitrogen and oxygen atoms in total. The molecule has 3 rings (SSSR count). The van der Waals surface area contributed by atoms with Gasteiger partial charge in [0.2, 0.25) is 0 Å². The Morgan fingerprint density at radius 1 is 1.08 bits per heavy atom. The number of nitrogens with zero attached hydrogens (tertiary/aromatic N) is 2. The Kier molecular flexibility index (Phi) is 4.63. The van der Waals surface area contributed by atoms with E-state index in [-0.39, 0.29) is 17.6 Å². The minimum absolute atomic E-state index is 0.0292. The predicted octanol–water partition coefficient (Wildman–Crippen LogP) is 4.45. The van der Waals surface area contributed by atoms with E-state index in [1.54, 1.807) is 18.2 Å². The first-order chi connectivity index (χ1) is 12.3. The maximum atomic E-state index is 12.7. The van der Waals surface area contributed by atoms with Crippen molar-refractivity contribution in [2.24, 2.45) is 0 Å². The molecule has 1 amide bonds. The summed E-state index contributed by atoms with van der Waals surface area (Å²) >= 11 is 0. The fourth-order valence-corrected chi connectivity index (χ4v) is 2.56. The lowest BCUT2D eigenvalue weighted by Gasteiger charge is -2.10. The average molecular weight is 359 g/mol. The molecule has 134 valence electrons. The molecule has 0 spiro atoms. The molecule has 1 N–H and O–H groups in total. The number of amides is 1. The van der Waals surface area contributed by atoms with Crippen molar-refractivity contribution in [2.45, 2.75) is 26.1 Å². The van der Waals surface area contributed by atoms with Gasteiger partial charge in [0.15, 0.2) is 0 Å². The van der Waals surface area contributed by atoms with E-state index in [0.29, 0.717) is 22.2 Å². The number of aromatic nitrogens is 2. The molecular weight excluding hydrogens is 343 g/mol. The Balaban J connectivity index is 2.01. The second-order valence-corrected chi connectivity index (χ2v) is 6.13. The third-order valence-electron chi connectivity index (χ3n) is 3.75. The molecule has 3 aromatic rings. The van der Waals surface area contributed by atoms with Gasteiger partial charge >= 0.3 is 6.18 Å². The third kappa shape index (κ3) is 3.66. The summed E-state index contributed by atoms with van der Waals surface area (Å²) in [5.41, 5.74) is 1.75. The van der Waals surface area contributed by atoms with Crippen LogP contribution in [0.15, 0.2) is 48.7 Å². The summed E-state index contributed by atoms with van der Waals surface area (Å²) in [6, 6.07) is 10.0. The van der Waals surface area contributed by atoms with Crippen molar-refractivity contribution in [1.82, 2.24) is 15.3 Å². The van der Waals surface area contributed by atoms with Crippen molar-refractivity contribution in [3.63, 3.8) is 0 Å². The molecule has 7 heteroatoms. The number of hydrogen-bond acceptors (Lipinski definition) is 3. The maximum absolute atomic E-state index is 12.7. The van der Waals surface area contributed by atoms with Gasteiger partial charge in [-0.15, -0.1) is 0 Å². The van der Waals surface area contributed by atoms with Gasteiger partial charge in [0.05, 0.1) is 22.8 Å². The molecule has 0 saturated carbocycles. The predicted molar refractivity (Wildman–Crippen MR) is 92.6 cm³/mol. The molecule has 1 aromatic heterocycles. The first kappa shape index (κ1) is 17.8. The van der Waals surface area contributed by atoms with E-state index in [4.69, 9.17) is 0 Å². The summed E-state index contributed by atoms with van der Waals surface area (Å²) in [6.07, 6.45) is -3.01. The molecule has 0 aliphatic rings. The van der Waals surface area contributed by atoms with Crippen molar-refractivity contribution < 1.29 is 18.0 Å². The largest absolute Gasteiger partial charge is 0.416 e. The van der Waals surface area contributed by atoms with Crippen LogP contribution in [0.25, 0.3) is 22.2 Å². The molecule has 1 heterocycles. The molecule has 0 atom stereocenters. The maximum Gasteiger partial charge on any atom is 0.416 e. The van der Waals surface area contributed by atoms with Crippen molar-refractivity contribution in [2.75, 3.05) is 0 Å². The fourth-order valence-electron chi connectivity index (χ4n) is 2.56. The van der Waals surface area contributed by atoms with E-state index >= 15 is 0 Å². The van der Waals surface area contributed by atoms with Gasteiger partial charge in [0.25, 0.3) is 5.91 Å². The van der Waals surface area contributed by atoms with E-state index < -0.39 is 11.7 Å². The minimum atomic E-state index is -4.38. The lowest BCUT2D eigenvalue weighted by Crippen LogP contribution is -2.30. The minimum Gasteiger partial charge on any atom is -0.348 e. The van der Waals surface area contributed by atoms with Crippen LogP contribution in [-0.4, -0.2) is 21.9 Å². The number of benzene rings is 2. The van der Waals surface area contributed by atoms with Gasteiger partial charge in [-0.1, -0.05) is 24.3 Å². The smallest absolute Gasteiger partial charge is 0.348 e. The number of carbonyl (C=O) groups excluding carboxylic acids is 1. The van der Waals surface area contributed by atoms with Crippen LogP contribution >= 0.6 is 0 Å². The first-order valence-corrected chi connectivity index (χ1v) is 8.00. The van der Waals surface area contributed by atoms with Crippen LogP contribution in [0.5, 0.6) is 0 Å². The fraction of sp³-hybridized carbons (Fsp3) is 0.211. The van der Waals surface area contributed by atoms with Gasteiger partial charge in [0.1, 0.15) is 5.69 Å². The Bertz CT molecular complexity index is 950. The van der Waals surface area contributed by atoms with Crippen LogP contribution in [0.2, 0.25) is 0 Å². The lowest BCUT2D eigenvalue weighted by molar-refractivity contribution is -0.137. The van der Waals surface area contributed by atoms with E-state index in [1.165, 1.54) is 18.3 Å². The zero-order valence-electron chi connectivity index (χ0n) is 14.1. The topological polar surface area (TPSA) is 54.9 Å². The number of rotatable bonds is 3. The molecule has 0 bridgehead atoms. The highest BCUT2D eigenvalue weighted by Gasteiger charge is 2.30. The SMILES string of the molecule is CC(C)NC(=O)c1cnc2c(-c3ccc(C(F)(F)F)cc3)cccc2n1. The highest BCUT2D eigenvalue weighted by molar-refractivity contribution is 5.96. The normalized spacial score (nSPS) is 11.8. The van der Waals surface area contributed by atoms with Gasteiger partial charge in [-0.3, -0.25) is 9.78 Å². The van der Waals surface area contributed by atoms with Crippen molar-refractivity contribution in [3.8, 4) is 11.1 Å². The van der Waals surface area contributed by atoms with Gasteiger partial charge in [-0.05, 0) is 37.6 Å². The number of halogens is 3. The number of fused-ring (bicyclic) bond motifs is 1. The highest BCUT2D eigenvalue weighted by Crippen LogP contribution is 2.32. The zero-order valence-corrected chi connectivity index (χ0v) is 14.1. The standard InChI is InChI=1S/C19H16F3N3O/c1-11(2)24-18(26)16-10-23-17-14(4-3-5-15(17)25-16)12-6-8-13(9-7-12)19(20,21)22/h3-11H,1-2H3,(H,24,26). The molecular formula is C19H16F3N3O. The van der Waals surface area contributed by atoms with E-state index in [2.05, 4.69) is 15.3 Å². The number of carbonyl (C=O) groups is 1. The second kappa shape index (κ2) is 6.74. The highest BCUT2D eigenvalue weighted by atomic mass is 19.4. The van der Waals surface area contributed by atoms with Crippen LogP contribution in [0.4, 0.5) is 13.2 Å². The van der Waals surface area contributed by atoms with E-state index in [0.717, 1.165) is 12.1 Å². The third-order valence-corrected chi connectivity index (χ3v) is 3.75. The monoisotopic (exact) mass is 359 g/mol. The van der Waals surface area contributed by atoms with Crippen LogP contribution in [0.1, 0.15) is 29.9 Å². The molecule has 0 aliphatic carbocycles. The quantitative estimate of drug-likeness (QED) is 0.751. The molecule has 0 aliphatic heterocycles. The number of para-hydroxylation sites is 1. The first-order valence-electron chi connectivity index (χ1n) is 8.00. The lowest BCUT2D eigenvalue weighted by atomic mass is 10.0. The summed E-state index contributed by atoms with van der Waals surface area (Å²) in [5.74, 6) is -0.325. The van der Waals surface area contributed by atoms with Crippen LogP contribution in [0, 0.1) is 0 Å². The molecule has 26 heavy (non-hydrogen) atoms. The van der Waals surface area contributed by atoms with Crippen LogP contribution < -0.4 is 5.32 Å². The molecule has 0 saturated heterocycles. The number of nitrogens with one attached hydrogen (secondary N) is 1. The van der Waals surface area contributed by atoms with Crippen molar-refractivity contribution >= 4 is 16.9 Å². The Labute approximate surface area is 148 Å². The van der Waals surface area contributed by atoms with Gasteiger partial charge in [0, 0.05) is 11.6 Å². The second-order valence-electron chi connectivity index (χ2n) is 6.13. The van der Waals surface area contributed by atoms with E-state index in [1.807, 2.05) is 13.8 Å². The number of alkyl halides is 3. The summed E-state index contributed by atoms with van der Waals surface area (Å²) < 4.78 is 38.2. The van der Waals surface area contributed by atoms with Gasteiger partial charge in [-0.25, -0.2) is 4.98 Å². The van der Waals surface area contributed by atoms with E-state index in [9.17, 15) is 18.0 Å². The molecule has 0 unspecified atom stereocenters. The van der Waals surface area contributed by atoms with Crippen molar-refractivity contribution in [1.29, 1.82) is 0 Å². The number of hydrogen-bond donors (Lipinski definition) is 1. The Morgan fingerprint density at radius 3 is 2.38 bits per heavy atom. The summed E-state index contributed by atoms with van der Waals surface area (Å²) in [4.78, 5) is 20.7. The summed E-state index contributed by atoms with van der Waals surface area (Å²) in [6.45, 7) is 3.68. The Morgan fingerprint density at radius 2 is 1.77 bits per heavy atom. The molecule has 0 radical (unpaired) electrons. The van der Waals surface area contributed by atoms with Crippen LogP contribution in [0.3, 0.4) is 0 Å². The molecule has 0 fully saturated rings. The average Bonchev–Trinajstić information content (AvgIpc) is 2.59. The zero-order chi connectivity index (χ0) is 18.9. The van der Waals surface area contributed by atoms with Crippen LogP contribution in [-0.2, 0) is 6.18 Å². The summed E-state index contributed by atoms with van der Waals surface area (Å²) in [5, 5.41) is 2.74.